The number of fused-ring (bicyclic) bond motifs is 8. The maximum atomic E-state index is 7.00. The minimum Gasteiger partial charge on any atom is -0.402 e. The average Bonchev–Trinajstić information content (AvgIpc) is 2.63. The SMILES string of the molecule is CC(C)(C)[Si](C)(C)OC1C#CC2(O[Si](C)(C)C(C)(C)C)CC=C(CC2)COCC#CC1. The van der Waals surface area contributed by atoms with Gasteiger partial charge in [-0.15, -0.1) is 0 Å². The normalized spacial score (nSPS) is 25.7. The van der Waals surface area contributed by atoms with Gasteiger partial charge in [0.05, 0.1) is 6.61 Å². The summed E-state index contributed by atoms with van der Waals surface area (Å²) in [7, 11) is -3.94. The summed E-state index contributed by atoms with van der Waals surface area (Å²) in [5, 5.41) is 0.268. The molecule has 0 aromatic heterocycles. The average molecular weight is 461 g/mol. The molecular formula is C26H44O3Si2. The first kappa shape index (κ1) is 26.4. The molecule has 174 valence electrons. The van der Waals surface area contributed by atoms with Crippen LogP contribution in [0, 0.1) is 23.7 Å². The minimum atomic E-state index is -1.98. The minimum absolute atomic E-state index is 0.129. The third kappa shape index (κ3) is 7.08. The Morgan fingerprint density at radius 3 is 2.19 bits per heavy atom. The van der Waals surface area contributed by atoms with Crippen molar-refractivity contribution in [2.45, 2.75) is 115 Å². The molecule has 1 aliphatic carbocycles. The van der Waals surface area contributed by atoms with Crippen LogP contribution in [0.4, 0.5) is 0 Å². The van der Waals surface area contributed by atoms with Gasteiger partial charge in [-0.2, -0.15) is 0 Å². The summed E-state index contributed by atoms with van der Waals surface area (Å²) in [5.74, 6) is 13.5. The molecule has 3 nitrogen and oxygen atoms in total. The Bertz CT molecular complexity index is 791. The van der Waals surface area contributed by atoms with Crippen LogP contribution in [0.1, 0.15) is 67.2 Å². The first-order chi connectivity index (χ1) is 14.1. The van der Waals surface area contributed by atoms with E-state index in [2.05, 4.69) is 97.5 Å². The predicted molar refractivity (Wildman–Crippen MR) is 136 cm³/mol. The van der Waals surface area contributed by atoms with Crippen LogP contribution in [0.5, 0.6) is 0 Å². The highest BCUT2D eigenvalue weighted by Crippen LogP contribution is 2.43. The van der Waals surface area contributed by atoms with E-state index in [1.165, 1.54) is 5.57 Å². The molecule has 0 fully saturated rings. The zero-order chi connectivity index (χ0) is 23.6. The van der Waals surface area contributed by atoms with Crippen molar-refractivity contribution in [2.24, 2.45) is 0 Å². The number of hydrogen-bond acceptors (Lipinski definition) is 3. The van der Waals surface area contributed by atoms with E-state index in [4.69, 9.17) is 13.6 Å². The van der Waals surface area contributed by atoms with Gasteiger partial charge in [0.2, 0.25) is 0 Å². The Morgan fingerprint density at radius 1 is 1.00 bits per heavy atom. The molecular weight excluding hydrogens is 416 g/mol. The molecule has 2 heterocycles. The van der Waals surface area contributed by atoms with Gasteiger partial charge in [0.15, 0.2) is 16.6 Å². The van der Waals surface area contributed by atoms with Gasteiger partial charge in [-0.1, -0.05) is 71.3 Å². The topological polar surface area (TPSA) is 27.7 Å². The molecule has 0 N–H and O–H groups in total. The van der Waals surface area contributed by atoms with Crippen molar-refractivity contribution in [3.63, 3.8) is 0 Å². The molecule has 0 aromatic carbocycles. The van der Waals surface area contributed by atoms with E-state index in [-0.39, 0.29) is 16.2 Å². The first-order valence-corrected chi connectivity index (χ1v) is 17.5. The summed E-state index contributed by atoms with van der Waals surface area (Å²) in [6.07, 6.45) is 5.40. The molecule has 0 radical (unpaired) electrons. The summed E-state index contributed by atoms with van der Waals surface area (Å²) < 4.78 is 19.5. The third-order valence-corrected chi connectivity index (χ3v) is 16.4. The Hall–Kier alpha value is -0.826. The van der Waals surface area contributed by atoms with E-state index in [0.29, 0.717) is 19.6 Å². The fourth-order valence-corrected chi connectivity index (χ4v) is 5.92. The Balaban J connectivity index is 2.43. The van der Waals surface area contributed by atoms with Crippen LogP contribution in [0.2, 0.25) is 36.3 Å². The second-order valence-corrected chi connectivity index (χ2v) is 21.6. The molecule has 2 atom stereocenters. The van der Waals surface area contributed by atoms with Gasteiger partial charge >= 0.3 is 0 Å². The summed E-state index contributed by atoms with van der Waals surface area (Å²) in [4.78, 5) is 0. The summed E-state index contributed by atoms with van der Waals surface area (Å²) in [6.45, 7) is 24.0. The zero-order valence-corrected chi connectivity index (χ0v) is 23.6. The quantitative estimate of drug-likeness (QED) is 0.266. The van der Waals surface area contributed by atoms with E-state index in [1.807, 2.05) is 0 Å². The van der Waals surface area contributed by atoms with Crippen molar-refractivity contribution in [3.8, 4) is 23.7 Å². The van der Waals surface area contributed by atoms with Crippen LogP contribution in [0.25, 0.3) is 0 Å². The van der Waals surface area contributed by atoms with E-state index in [0.717, 1.165) is 19.3 Å². The molecule has 3 rings (SSSR count). The molecule has 0 saturated carbocycles. The van der Waals surface area contributed by atoms with Crippen LogP contribution >= 0.6 is 0 Å². The van der Waals surface area contributed by atoms with Gasteiger partial charge in [-0.05, 0) is 54.7 Å². The second-order valence-electron chi connectivity index (χ2n) is 12.1. The van der Waals surface area contributed by atoms with Gasteiger partial charge in [-0.3, -0.25) is 0 Å². The first-order valence-electron chi connectivity index (χ1n) is 11.7. The molecule has 0 aromatic rings. The third-order valence-electron chi connectivity index (χ3n) is 7.41. The number of hydrogen-bond donors (Lipinski definition) is 0. The van der Waals surface area contributed by atoms with Crippen LogP contribution in [0.3, 0.4) is 0 Å². The van der Waals surface area contributed by atoms with Gasteiger partial charge in [0.25, 0.3) is 0 Å². The highest BCUT2D eigenvalue weighted by Gasteiger charge is 2.45. The standard InChI is InChI=1S/C26H44O3Si2/c1-24(2,3)30(7,8)28-23-13-11-12-20-27-21-22-14-17-26(18-15-22,19-16-23)29-31(9,10)25(4,5)6/h14,23H,13,15,17-18,20-21H2,1-10H3. The van der Waals surface area contributed by atoms with Crippen molar-refractivity contribution in [1.82, 2.24) is 0 Å². The lowest BCUT2D eigenvalue weighted by Gasteiger charge is -2.44. The van der Waals surface area contributed by atoms with Crippen molar-refractivity contribution in [2.75, 3.05) is 13.2 Å². The molecule has 3 aliphatic rings. The largest absolute Gasteiger partial charge is 0.402 e. The fourth-order valence-electron chi connectivity index (χ4n) is 3.20. The Kier molecular flexibility index (Phi) is 8.16. The summed E-state index contributed by atoms with van der Waals surface area (Å²) >= 11 is 0. The lowest BCUT2D eigenvalue weighted by atomic mass is 9.86. The van der Waals surface area contributed by atoms with Gasteiger partial charge in [0.1, 0.15) is 18.3 Å². The molecule has 2 unspecified atom stereocenters. The molecule has 2 bridgehead atoms. The van der Waals surface area contributed by atoms with Gasteiger partial charge in [0, 0.05) is 12.8 Å². The van der Waals surface area contributed by atoms with Crippen molar-refractivity contribution in [1.29, 1.82) is 0 Å². The van der Waals surface area contributed by atoms with Gasteiger partial charge < -0.3 is 13.6 Å². The molecule has 0 spiro atoms. The molecule has 5 heteroatoms. The van der Waals surface area contributed by atoms with Crippen LogP contribution in [-0.2, 0) is 13.6 Å². The van der Waals surface area contributed by atoms with Gasteiger partial charge in [-0.25, -0.2) is 0 Å². The Morgan fingerprint density at radius 2 is 1.65 bits per heavy atom. The second kappa shape index (κ2) is 9.58. The van der Waals surface area contributed by atoms with Crippen LogP contribution in [-0.4, -0.2) is 41.6 Å². The Labute approximate surface area is 194 Å². The highest BCUT2D eigenvalue weighted by molar-refractivity contribution is 6.74. The smallest absolute Gasteiger partial charge is 0.194 e. The highest BCUT2D eigenvalue weighted by atomic mass is 28.4. The van der Waals surface area contributed by atoms with Crippen LogP contribution in [0.15, 0.2) is 11.6 Å². The summed E-state index contributed by atoms with van der Waals surface area (Å²) in [5.41, 5.74) is 0.898. The predicted octanol–water partition coefficient (Wildman–Crippen LogP) is 6.67. The monoisotopic (exact) mass is 460 g/mol. The summed E-state index contributed by atoms with van der Waals surface area (Å²) in [6, 6.07) is 0. The maximum Gasteiger partial charge on any atom is 0.194 e. The number of rotatable bonds is 4. The molecule has 0 amide bonds. The molecule has 31 heavy (non-hydrogen) atoms. The zero-order valence-electron chi connectivity index (χ0n) is 21.6. The lowest BCUT2D eigenvalue weighted by Crippen LogP contribution is -2.50. The lowest BCUT2D eigenvalue weighted by molar-refractivity contribution is 0.0955. The van der Waals surface area contributed by atoms with Crippen molar-refractivity contribution < 1.29 is 13.6 Å². The maximum absolute atomic E-state index is 7.00. The van der Waals surface area contributed by atoms with Crippen LogP contribution < -0.4 is 0 Å². The van der Waals surface area contributed by atoms with E-state index >= 15 is 0 Å². The van der Waals surface area contributed by atoms with E-state index in [9.17, 15) is 0 Å². The van der Waals surface area contributed by atoms with Crippen molar-refractivity contribution >= 4 is 16.6 Å². The fraction of sp³-hybridized carbons (Fsp3) is 0.769. The van der Waals surface area contributed by atoms with E-state index in [1.54, 1.807) is 0 Å². The molecule has 0 saturated heterocycles. The number of ether oxygens (including phenoxy) is 1. The molecule has 2 aliphatic heterocycles. The van der Waals surface area contributed by atoms with E-state index < -0.39 is 22.2 Å². The van der Waals surface area contributed by atoms with Crippen molar-refractivity contribution in [3.05, 3.63) is 11.6 Å².